The fourth-order valence-corrected chi connectivity index (χ4v) is 2.81. The molecular weight excluding hydrogens is 252 g/mol. The maximum atomic E-state index is 5.95. The molecule has 2 aromatic rings. The minimum Gasteiger partial charge on any atom is -0.399 e. The Morgan fingerprint density at radius 3 is 2.71 bits per heavy atom. The Kier molecular flexibility index (Phi) is 4.05. The number of hydrogen-bond acceptors (Lipinski definition) is 3. The topological polar surface area (TPSA) is 38.0 Å². The van der Waals surface area contributed by atoms with Gasteiger partial charge in [0.05, 0.1) is 0 Å². The van der Waals surface area contributed by atoms with Crippen LogP contribution in [0.15, 0.2) is 29.0 Å². The second-order valence-electron chi connectivity index (χ2n) is 4.08. The molecule has 1 aromatic carbocycles. The summed E-state index contributed by atoms with van der Waals surface area (Å²) in [6.45, 7) is 3.78. The van der Waals surface area contributed by atoms with Gasteiger partial charge in [0.2, 0.25) is 0 Å². The van der Waals surface area contributed by atoms with E-state index in [1.165, 1.54) is 11.1 Å². The lowest BCUT2D eigenvalue weighted by atomic mass is 10.2. The van der Waals surface area contributed by atoms with Gasteiger partial charge in [-0.25, -0.2) is 0 Å². The molecule has 3 N–H and O–H groups in total. The van der Waals surface area contributed by atoms with Gasteiger partial charge < -0.3 is 11.1 Å². The van der Waals surface area contributed by atoms with E-state index in [-0.39, 0.29) is 0 Å². The summed E-state index contributed by atoms with van der Waals surface area (Å²) >= 11 is 7.68. The van der Waals surface area contributed by atoms with Crippen LogP contribution < -0.4 is 11.1 Å². The average Bonchev–Trinajstić information content (AvgIpc) is 2.63. The fraction of sp³-hybridized carbons (Fsp3) is 0.231. The van der Waals surface area contributed by atoms with Crippen molar-refractivity contribution >= 4 is 28.6 Å². The van der Waals surface area contributed by atoms with Crippen LogP contribution in [0.25, 0.3) is 0 Å². The minimum atomic E-state index is 0.688. The van der Waals surface area contributed by atoms with Crippen molar-refractivity contribution in [3.63, 3.8) is 0 Å². The molecule has 0 aliphatic carbocycles. The molecule has 2 nitrogen and oxygen atoms in total. The van der Waals surface area contributed by atoms with Crippen molar-refractivity contribution in [1.82, 2.24) is 5.32 Å². The van der Waals surface area contributed by atoms with E-state index in [0.717, 1.165) is 18.7 Å². The molecule has 0 saturated carbocycles. The van der Waals surface area contributed by atoms with Crippen LogP contribution in [0.5, 0.6) is 0 Å². The molecule has 4 heteroatoms. The summed E-state index contributed by atoms with van der Waals surface area (Å²) in [5.41, 5.74) is 10.3. The standard InChI is InChI=1S/C13H15ClN2S/c1-9-7-17-8-11(9)6-16-5-10-2-12(14)4-13(15)3-10/h2-4,7-8,16H,5-6,15H2,1H3. The van der Waals surface area contributed by atoms with Gasteiger partial charge in [0.25, 0.3) is 0 Å². The summed E-state index contributed by atoms with van der Waals surface area (Å²) in [6, 6.07) is 5.64. The Bertz CT molecular complexity index is 488. The van der Waals surface area contributed by atoms with Gasteiger partial charge in [-0.05, 0) is 52.6 Å². The summed E-state index contributed by atoms with van der Waals surface area (Å²) in [7, 11) is 0. The maximum Gasteiger partial charge on any atom is 0.0429 e. The van der Waals surface area contributed by atoms with E-state index in [2.05, 4.69) is 23.0 Å². The van der Waals surface area contributed by atoms with Crippen LogP contribution in [0, 0.1) is 6.92 Å². The zero-order chi connectivity index (χ0) is 12.3. The Morgan fingerprint density at radius 2 is 2.06 bits per heavy atom. The molecule has 1 aromatic heterocycles. The third-order valence-electron chi connectivity index (χ3n) is 2.59. The lowest BCUT2D eigenvalue weighted by molar-refractivity contribution is 0.693. The Balaban J connectivity index is 1.92. The van der Waals surface area contributed by atoms with Crippen molar-refractivity contribution < 1.29 is 0 Å². The van der Waals surface area contributed by atoms with Crippen LogP contribution in [-0.2, 0) is 13.1 Å². The lowest BCUT2D eigenvalue weighted by Crippen LogP contribution is -2.12. The van der Waals surface area contributed by atoms with Crippen LogP contribution in [0.2, 0.25) is 5.02 Å². The molecule has 0 fully saturated rings. The summed E-state index contributed by atoms with van der Waals surface area (Å²) < 4.78 is 0. The number of thiophene rings is 1. The third kappa shape index (κ3) is 3.46. The van der Waals surface area contributed by atoms with Gasteiger partial charge in [0, 0.05) is 23.8 Å². The number of nitrogens with one attached hydrogen (secondary N) is 1. The van der Waals surface area contributed by atoms with Crippen molar-refractivity contribution in [2.75, 3.05) is 5.73 Å². The van der Waals surface area contributed by atoms with Crippen molar-refractivity contribution in [3.8, 4) is 0 Å². The highest BCUT2D eigenvalue weighted by molar-refractivity contribution is 7.08. The number of nitrogens with two attached hydrogens (primary N) is 1. The van der Waals surface area contributed by atoms with E-state index in [4.69, 9.17) is 17.3 Å². The SMILES string of the molecule is Cc1cscc1CNCc1cc(N)cc(Cl)c1. The molecule has 0 saturated heterocycles. The second-order valence-corrected chi connectivity index (χ2v) is 5.26. The molecule has 0 bridgehead atoms. The van der Waals surface area contributed by atoms with Gasteiger partial charge >= 0.3 is 0 Å². The number of anilines is 1. The van der Waals surface area contributed by atoms with Gasteiger partial charge in [0.1, 0.15) is 0 Å². The number of nitrogen functional groups attached to an aromatic ring is 1. The molecule has 1 heterocycles. The summed E-state index contributed by atoms with van der Waals surface area (Å²) in [5, 5.41) is 8.42. The number of aryl methyl sites for hydroxylation is 1. The lowest BCUT2D eigenvalue weighted by Gasteiger charge is -2.06. The summed E-state index contributed by atoms with van der Waals surface area (Å²) in [4.78, 5) is 0. The highest BCUT2D eigenvalue weighted by Crippen LogP contribution is 2.17. The summed E-state index contributed by atoms with van der Waals surface area (Å²) in [5.74, 6) is 0. The largest absolute Gasteiger partial charge is 0.399 e. The van der Waals surface area contributed by atoms with Gasteiger partial charge in [-0.3, -0.25) is 0 Å². The van der Waals surface area contributed by atoms with Crippen LogP contribution in [-0.4, -0.2) is 0 Å². The molecule has 0 radical (unpaired) electrons. The molecule has 2 rings (SSSR count). The monoisotopic (exact) mass is 266 g/mol. The van der Waals surface area contributed by atoms with E-state index in [0.29, 0.717) is 10.7 Å². The number of rotatable bonds is 4. The number of hydrogen-bond donors (Lipinski definition) is 2. The van der Waals surface area contributed by atoms with E-state index in [1.54, 1.807) is 17.4 Å². The van der Waals surface area contributed by atoms with Gasteiger partial charge in [-0.1, -0.05) is 11.6 Å². The predicted octanol–water partition coefficient (Wildman–Crippen LogP) is 3.58. The van der Waals surface area contributed by atoms with Gasteiger partial charge in [-0.15, -0.1) is 0 Å². The van der Waals surface area contributed by atoms with E-state index < -0.39 is 0 Å². The highest BCUT2D eigenvalue weighted by atomic mass is 35.5. The van der Waals surface area contributed by atoms with Crippen LogP contribution >= 0.6 is 22.9 Å². The molecular formula is C13H15ClN2S. The normalized spacial score (nSPS) is 10.7. The summed E-state index contributed by atoms with van der Waals surface area (Å²) in [6.07, 6.45) is 0. The Morgan fingerprint density at radius 1 is 1.24 bits per heavy atom. The molecule has 90 valence electrons. The van der Waals surface area contributed by atoms with Gasteiger partial charge in [-0.2, -0.15) is 11.3 Å². The van der Waals surface area contributed by atoms with Crippen molar-refractivity contribution in [3.05, 3.63) is 50.7 Å². The Labute approximate surface area is 110 Å². The van der Waals surface area contributed by atoms with E-state index >= 15 is 0 Å². The number of benzene rings is 1. The molecule has 17 heavy (non-hydrogen) atoms. The van der Waals surface area contributed by atoms with Crippen molar-refractivity contribution in [2.24, 2.45) is 0 Å². The van der Waals surface area contributed by atoms with Crippen LogP contribution in [0.3, 0.4) is 0 Å². The first-order valence-corrected chi connectivity index (χ1v) is 6.74. The zero-order valence-corrected chi connectivity index (χ0v) is 11.2. The molecule has 0 spiro atoms. The maximum absolute atomic E-state index is 5.95. The first kappa shape index (κ1) is 12.4. The van der Waals surface area contributed by atoms with Gasteiger partial charge in [0.15, 0.2) is 0 Å². The molecule has 0 aliphatic rings. The Hall–Kier alpha value is -1.03. The molecule has 0 aliphatic heterocycles. The quantitative estimate of drug-likeness (QED) is 0.830. The number of halogens is 1. The van der Waals surface area contributed by atoms with Crippen molar-refractivity contribution in [1.29, 1.82) is 0 Å². The van der Waals surface area contributed by atoms with E-state index in [1.807, 2.05) is 12.1 Å². The molecule has 0 atom stereocenters. The average molecular weight is 267 g/mol. The molecule has 0 amide bonds. The first-order chi connectivity index (χ1) is 8.15. The van der Waals surface area contributed by atoms with Crippen molar-refractivity contribution in [2.45, 2.75) is 20.0 Å². The van der Waals surface area contributed by atoms with E-state index in [9.17, 15) is 0 Å². The highest BCUT2D eigenvalue weighted by Gasteiger charge is 2.00. The third-order valence-corrected chi connectivity index (χ3v) is 3.71. The van der Waals surface area contributed by atoms with Crippen LogP contribution in [0.4, 0.5) is 5.69 Å². The fourth-order valence-electron chi connectivity index (χ4n) is 1.69. The first-order valence-electron chi connectivity index (χ1n) is 5.42. The molecule has 0 unspecified atom stereocenters. The predicted molar refractivity (Wildman–Crippen MR) is 75.5 cm³/mol. The van der Waals surface area contributed by atoms with Crippen LogP contribution in [0.1, 0.15) is 16.7 Å². The minimum absolute atomic E-state index is 0.688. The zero-order valence-electron chi connectivity index (χ0n) is 9.66. The second kappa shape index (κ2) is 5.54. The smallest absolute Gasteiger partial charge is 0.0429 e.